The van der Waals surface area contributed by atoms with E-state index in [9.17, 15) is 4.79 Å². The van der Waals surface area contributed by atoms with E-state index in [4.69, 9.17) is 14.2 Å². The predicted molar refractivity (Wildman–Crippen MR) is 104 cm³/mol. The number of fused-ring (bicyclic) bond motifs is 2. The second kappa shape index (κ2) is 6.27. The molecule has 2 spiro atoms. The molecule has 0 aromatic carbocycles. The molecule has 0 aromatic rings. The van der Waals surface area contributed by atoms with Gasteiger partial charge in [-0.1, -0.05) is 41.0 Å². The largest absolute Gasteiger partial charge is 0.365 e. The van der Waals surface area contributed by atoms with E-state index in [0.29, 0.717) is 24.9 Å². The minimum atomic E-state index is -0.358. The molecule has 0 unspecified atom stereocenters. The van der Waals surface area contributed by atoms with E-state index >= 15 is 0 Å². The molecule has 4 rings (SSSR count). The van der Waals surface area contributed by atoms with Gasteiger partial charge in [0, 0.05) is 30.3 Å². The first-order chi connectivity index (χ1) is 12.6. The van der Waals surface area contributed by atoms with Crippen LogP contribution in [0.5, 0.6) is 0 Å². The van der Waals surface area contributed by atoms with Gasteiger partial charge in [0.25, 0.3) is 0 Å². The normalized spacial score (nSPS) is 51.9. The lowest BCUT2D eigenvalue weighted by Crippen LogP contribution is -2.68. The molecular weight excluding hydrogens is 340 g/mol. The van der Waals surface area contributed by atoms with Crippen molar-refractivity contribution in [3.63, 3.8) is 0 Å². The van der Waals surface area contributed by atoms with Gasteiger partial charge in [-0.3, -0.25) is 4.79 Å². The lowest BCUT2D eigenvalue weighted by atomic mass is 9.41. The highest BCUT2D eigenvalue weighted by Crippen LogP contribution is 2.68. The maximum absolute atomic E-state index is 13.4. The van der Waals surface area contributed by atoms with E-state index < -0.39 is 0 Å². The molecule has 4 heteroatoms. The van der Waals surface area contributed by atoms with Crippen molar-refractivity contribution in [1.82, 2.24) is 0 Å². The molecule has 0 bridgehead atoms. The fourth-order valence-electron chi connectivity index (χ4n) is 7.88. The summed E-state index contributed by atoms with van der Waals surface area (Å²) in [5.41, 5.74) is -0.420. The molecule has 7 atom stereocenters. The maximum atomic E-state index is 13.4. The van der Waals surface area contributed by atoms with Crippen LogP contribution in [0.3, 0.4) is 0 Å². The lowest BCUT2D eigenvalue weighted by Gasteiger charge is -2.65. The molecule has 0 aromatic heterocycles. The van der Waals surface area contributed by atoms with Crippen LogP contribution in [0.1, 0.15) is 80.1 Å². The van der Waals surface area contributed by atoms with Crippen molar-refractivity contribution in [3.8, 4) is 0 Å². The van der Waals surface area contributed by atoms with E-state index in [1.54, 1.807) is 0 Å². The number of carbonyl (C=O) groups excluding carboxylic acids is 1. The summed E-state index contributed by atoms with van der Waals surface area (Å²) in [5.74, 6) is 0.850. The zero-order valence-corrected chi connectivity index (χ0v) is 18.1. The Balaban J connectivity index is 1.72. The fraction of sp³-hybridized carbons (Fsp3) is 0.957. The zero-order chi connectivity index (χ0) is 19.7. The van der Waals surface area contributed by atoms with Crippen LogP contribution in [0.25, 0.3) is 0 Å². The summed E-state index contributed by atoms with van der Waals surface area (Å²) < 4.78 is 18.7. The van der Waals surface area contributed by atoms with Crippen LogP contribution in [-0.4, -0.2) is 36.5 Å². The molecule has 4 aliphatic rings. The average Bonchev–Trinajstić information content (AvgIpc) is 3.17. The van der Waals surface area contributed by atoms with Gasteiger partial charge < -0.3 is 14.2 Å². The Morgan fingerprint density at radius 3 is 2.56 bits per heavy atom. The third kappa shape index (κ3) is 2.62. The minimum Gasteiger partial charge on any atom is -0.365 e. The SMILES string of the molecule is CCO[C@@H]1C[C@@]2(CC[C@@]3(O2)[C@H](C)C(=O)[C@@H](C)[C@H]2C(C)(C)CCC[C@@]23C)CO1. The quantitative estimate of drug-likeness (QED) is 0.696. The van der Waals surface area contributed by atoms with Crippen LogP contribution in [-0.2, 0) is 19.0 Å². The van der Waals surface area contributed by atoms with Crippen molar-refractivity contribution in [2.45, 2.75) is 97.6 Å². The summed E-state index contributed by atoms with van der Waals surface area (Å²) >= 11 is 0. The van der Waals surface area contributed by atoms with Crippen molar-refractivity contribution in [2.24, 2.45) is 28.6 Å². The smallest absolute Gasteiger partial charge is 0.160 e. The van der Waals surface area contributed by atoms with Crippen molar-refractivity contribution < 1.29 is 19.0 Å². The molecule has 2 saturated heterocycles. The number of ketones is 1. The topological polar surface area (TPSA) is 44.8 Å². The molecule has 2 heterocycles. The fourth-order valence-corrected chi connectivity index (χ4v) is 7.88. The van der Waals surface area contributed by atoms with Gasteiger partial charge in [-0.2, -0.15) is 0 Å². The Kier molecular flexibility index (Phi) is 4.61. The van der Waals surface area contributed by atoms with Gasteiger partial charge in [0.1, 0.15) is 5.78 Å². The maximum Gasteiger partial charge on any atom is 0.160 e. The summed E-state index contributed by atoms with van der Waals surface area (Å²) in [6.45, 7) is 14.8. The van der Waals surface area contributed by atoms with Gasteiger partial charge in [-0.15, -0.1) is 0 Å². The van der Waals surface area contributed by atoms with E-state index in [0.717, 1.165) is 25.7 Å². The number of ether oxygens (including phenoxy) is 3. The lowest BCUT2D eigenvalue weighted by molar-refractivity contribution is -0.248. The predicted octanol–water partition coefficient (Wildman–Crippen LogP) is 4.74. The number of Topliss-reactive ketones (excluding diaryl/α,β-unsaturated/α-hetero) is 1. The number of rotatable bonds is 2. The minimum absolute atomic E-state index is 0.0364. The van der Waals surface area contributed by atoms with Crippen LogP contribution < -0.4 is 0 Å². The van der Waals surface area contributed by atoms with Crippen molar-refractivity contribution in [1.29, 1.82) is 0 Å². The first-order valence-electron chi connectivity index (χ1n) is 11.1. The molecule has 2 aliphatic carbocycles. The number of carbonyl (C=O) groups is 1. The van der Waals surface area contributed by atoms with E-state index in [1.807, 2.05) is 6.92 Å². The van der Waals surface area contributed by atoms with Crippen LogP contribution in [0.15, 0.2) is 0 Å². The van der Waals surface area contributed by atoms with Crippen molar-refractivity contribution in [2.75, 3.05) is 13.2 Å². The van der Waals surface area contributed by atoms with Crippen LogP contribution in [0, 0.1) is 28.6 Å². The Morgan fingerprint density at radius 2 is 1.85 bits per heavy atom. The third-order valence-corrected chi connectivity index (χ3v) is 8.86. The first-order valence-corrected chi connectivity index (χ1v) is 11.1. The van der Waals surface area contributed by atoms with Crippen molar-refractivity contribution in [3.05, 3.63) is 0 Å². The van der Waals surface area contributed by atoms with Crippen molar-refractivity contribution >= 4 is 5.78 Å². The van der Waals surface area contributed by atoms with Gasteiger partial charge in [0.05, 0.1) is 17.8 Å². The number of hydrogen-bond donors (Lipinski definition) is 0. The summed E-state index contributed by atoms with van der Waals surface area (Å²) in [4.78, 5) is 13.4. The van der Waals surface area contributed by atoms with Crippen LogP contribution >= 0.6 is 0 Å². The summed E-state index contributed by atoms with van der Waals surface area (Å²) in [7, 11) is 0. The zero-order valence-electron chi connectivity index (χ0n) is 18.1. The summed E-state index contributed by atoms with van der Waals surface area (Å²) in [6.07, 6.45) is 6.17. The standard InChI is InChI=1S/C23H38O4/c1-7-25-17-13-22(14-26-17)11-12-23(27-22)16(3)18(24)15(2)19-20(4,5)9-8-10-21(19,23)6/h15-17,19H,7-14H2,1-6H3/t15-,16-,17+,19+,21+,22+,23-/m1/s1. The Morgan fingerprint density at radius 1 is 1.11 bits per heavy atom. The van der Waals surface area contributed by atoms with Gasteiger partial charge in [0.2, 0.25) is 0 Å². The van der Waals surface area contributed by atoms with Gasteiger partial charge in [-0.25, -0.2) is 0 Å². The van der Waals surface area contributed by atoms with E-state index in [2.05, 4.69) is 34.6 Å². The van der Waals surface area contributed by atoms with E-state index in [-0.39, 0.29) is 40.2 Å². The van der Waals surface area contributed by atoms with Gasteiger partial charge in [0.15, 0.2) is 6.29 Å². The number of hydrogen-bond acceptors (Lipinski definition) is 4. The Bertz CT molecular complexity index is 615. The van der Waals surface area contributed by atoms with Crippen LogP contribution in [0.4, 0.5) is 0 Å². The highest BCUT2D eigenvalue weighted by atomic mass is 16.7. The first kappa shape index (κ1) is 19.8. The second-order valence-corrected chi connectivity index (χ2v) is 10.7. The molecule has 2 saturated carbocycles. The molecule has 0 radical (unpaired) electrons. The molecule has 2 aliphatic heterocycles. The summed E-state index contributed by atoms with van der Waals surface area (Å²) in [5, 5.41) is 0. The Labute approximate surface area is 164 Å². The molecule has 27 heavy (non-hydrogen) atoms. The molecule has 0 amide bonds. The van der Waals surface area contributed by atoms with E-state index in [1.165, 1.54) is 12.8 Å². The summed E-state index contributed by atoms with van der Waals surface area (Å²) in [6, 6.07) is 0. The highest BCUT2D eigenvalue weighted by Gasteiger charge is 2.71. The highest BCUT2D eigenvalue weighted by molar-refractivity contribution is 5.86. The average molecular weight is 379 g/mol. The van der Waals surface area contributed by atoms with Gasteiger partial charge >= 0.3 is 0 Å². The Hall–Kier alpha value is -0.450. The third-order valence-electron chi connectivity index (χ3n) is 8.86. The molecule has 4 nitrogen and oxygen atoms in total. The second-order valence-electron chi connectivity index (χ2n) is 10.7. The molecule has 4 fully saturated rings. The molecular formula is C23H38O4. The molecule has 0 N–H and O–H groups in total. The molecule has 154 valence electrons. The monoisotopic (exact) mass is 378 g/mol. The van der Waals surface area contributed by atoms with Crippen LogP contribution in [0.2, 0.25) is 0 Å². The van der Waals surface area contributed by atoms with Gasteiger partial charge in [-0.05, 0) is 43.9 Å².